The molecule has 1 saturated carbocycles. The molecule has 2 aliphatic rings. The number of benzene rings is 2. The molecule has 0 atom stereocenters. The third-order valence-corrected chi connectivity index (χ3v) is 6.57. The molecule has 1 N–H and O–H groups in total. The highest BCUT2D eigenvalue weighted by Crippen LogP contribution is 2.37. The number of hydrogen-bond donors (Lipinski definition) is 1. The van der Waals surface area contributed by atoms with Gasteiger partial charge in [-0.1, -0.05) is 29.8 Å². The van der Waals surface area contributed by atoms with Gasteiger partial charge < -0.3 is 14.9 Å². The van der Waals surface area contributed by atoms with E-state index in [2.05, 4.69) is 11.2 Å². The molecule has 0 radical (unpaired) electrons. The maximum absolute atomic E-state index is 13.0. The monoisotopic (exact) mass is 438 g/mol. The van der Waals surface area contributed by atoms with E-state index in [4.69, 9.17) is 11.6 Å². The van der Waals surface area contributed by atoms with Crippen LogP contribution in [0.3, 0.4) is 0 Å². The smallest absolute Gasteiger partial charge is 0.255 e. The Hall–Kier alpha value is -2.90. The lowest BCUT2D eigenvalue weighted by Crippen LogP contribution is -2.53. The predicted octanol–water partition coefficient (Wildman–Crippen LogP) is 2.70. The number of amides is 2. The zero-order chi connectivity index (χ0) is 21.8. The summed E-state index contributed by atoms with van der Waals surface area (Å²) in [7, 11) is 1.90. The van der Waals surface area contributed by atoms with E-state index in [1.165, 1.54) is 0 Å². The summed E-state index contributed by atoms with van der Waals surface area (Å²) < 4.78 is 1.82. The van der Waals surface area contributed by atoms with Gasteiger partial charge in [-0.2, -0.15) is 5.10 Å². The van der Waals surface area contributed by atoms with Crippen LogP contribution in [0.25, 0.3) is 22.0 Å². The molecule has 2 amide bonds. The number of rotatable bonds is 3. The molecule has 0 spiro atoms. The molecular formula is C23H23ClN4O3. The molecule has 2 aromatic carbocycles. The number of aryl methyl sites for hydroxylation is 1. The molecular weight excluding hydrogens is 416 g/mol. The van der Waals surface area contributed by atoms with Crippen LogP contribution < -0.4 is 0 Å². The average Bonchev–Trinajstić information content (AvgIpc) is 3.44. The van der Waals surface area contributed by atoms with Crippen molar-refractivity contribution in [2.45, 2.75) is 18.4 Å². The average molecular weight is 439 g/mol. The summed E-state index contributed by atoms with van der Waals surface area (Å²) in [5.74, 6) is -0.358. The fraction of sp³-hybridized carbons (Fsp3) is 0.348. The number of hydrogen-bond acceptors (Lipinski definition) is 4. The summed E-state index contributed by atoms with van der Waals surface area (Å²) in [5, 5.41) is 15.8. The van der Waals surface area contributed by atoms with Gasteiger partial charge in [0.25, 0.3) is 11.8 Å². The summed E-state index contributed by atoms with van der Waals surface area (Å²) in [5.41, 5.74) is 2.24. The Morgan fingerprint density at radius 2 is 1.65 bits per heavy atom. The number of carbonyl (C=O) groups excluding carboxylic acids is 2. The van der Waals surface area contributed by atoms with E-state index >= 15 is 0 Å². The van der Waals surface area contributed by atoms with Gasteiger partial charge in [0.05, 0.1) is 22.3 Å². The van der Waals surface area contributed by atoms with Gasteiger partial charge >= 0.3 is 0 Å². The summed E-state index contributed by atoms with van der Waals surface area (Å²) in [6, 6.07) is 11.6. The van der Waals surface area contributed by atoms with Crippen LogP contribution >= 0.6 is 11.6 Å². The van der Waals surface area contributed by atoms with Crippen LogP contribution in [0.5, 0.6) is 0 Å². The van der Waals surface area contributed by atoms with Crippen molar-refractivity contribution in [3.8, 4) is 11.1 Å². The second kappa shape index (κ2) is 7.35. The minimum Gasteiger partial charge on any atom is -0.380 e. The fourth-order valence-electron chi connectivity index (χ4n) is 4.10. The highest BCUT2D eigenvalue weighted by molar-refractivity contribution is 6.34. The molecule has 1 aromatic heterocycles. The molecule has 31 heavy (non-hydrogen) atoms. The molecule has 7 nitrogen and oxygen atoms in total. The normalized spacial score (nSPS) is 17.8. The summed E-state index contributed by atoms with van der Waals surface area (Å²) in [6.45, 7) is 1.70. The first kappa shape index (κ1) is 20.0. The zero-order valence-corrected chi connectivity index (χ0v) is 18.0. The van der Waals surface area contributed by atoms with Crippen LogP contribution in [0.4, 0.5) is 0 Å². The molecule has 0 unspecified atom stereocenters. The van der Waals surface area contributed by atoms with Crippen LogP contribution in [0.2, 0.25) is 5.02 Å². The lowest BCUT2D eigenvalue weighted by atomic mass is 10.0. The number of aliphatic hydroxyl groups is 1. The van der Waals surface area contributed by atoms with Crippen LogP contribution in [0, 0.1) is 0 Å². The molecule has 2 fully saturated rings. The number of carbonyl (C=O) groups is 2. The minimum absolute atomic E-state index is 0.143. The molecule has 2 heterocycles. The number of piperazine rings is 1. The van der Waals surface area contributed by atoms with E-state index < -0.39 is 5.60 Å². The summed E-state index contributed by atoms with van der Waals surface area (Å²) in [6.07, 6.45) is 2.88. The Morgan fingerprint density at radius 3 is 2.32 bits per heavy atom. The zero-order valence-electron chi connectivity index (χ0n) is 17.2. The highest BCUT2D eigenvalue weighted by atomic mass is 35.5. The fourth-order valence-corrected chi connectivity index (χ4v) is 4.36. The van der Waals surface area contributed by atoms with Gasteiger partial charge in [0, 0.05) is 38.6 Å². The van der Waals surface area contributed by atoms with E-state index in [0.717, 1.165) is 22.0 Å². The highest BCUT2D eigenvalue weighted by Gasteiger charge is 2.50. The van der Waals surface area contributed by atoms with Crippen molar-refractivity contribution in [2.24, 2.45) is 7.05 Å². The van der Waals surface area contributed by atoms with Crippen molar-refractivity contribution in [1.29, 1.82) is 0 Å². The third kappa shape index (κ3) is 3.58. The van der Waals surface area contributed by atoms with Crippen LogP contribution in [0.1, 0.15) is 23.2 Å². The third-order valence-electron chi connectivity index (χ3n) is 6.26. The van der Waals surface area contributed by atoms with Crippen LogP contribution in [-0.2, 0) is 11.8 Å². The molecule has 1 saturated heterocycles. The standard InChI is InChI=1S/C23H23ClN4O3/c1-26-20-13-16(2-3-17(20)14-25-26)15-4-5-18(19(24)12-15)21(29)27-8-10-28(11-9-27)22(30)23(31)6-7-23/h2-5,12-14,31H,6-11H2,1H3. The maximum Gasteiger partial charge on any atom is 0.255 e. The van der Waals surface area contributed by atoms with Crippen molar-refractivity contribution < 1.29 is 14.7 Å². The van der Waals surface area contributed by atoms with E-state index in [0.29, 0.717) is 49.6 Å². The Labute approximate surface area is 184 Å². The summed E-state index contributed by atoms with van der Waals surface area (Å²) >= 11 is 6.51. The SMILES string of the molecule is Cn1ncc2ccc(-c3ccc(C(=O)N4CCN(C(=O)C5(O)CC5)CC4)c(Cl)c3)cc21. The van der Waals surface area contributed by atoms with Gasteiger partial charge in [-0.05, 0) is 42.2 Å². The van der Waals surface area contributed by atoms with Gasteiger partial charge in [-0.15, -0.1) is 0 Å². The largest absolute Gasteiger partial charge is 0.380 e. The number of halogens is 1. The van der Waals surface area contributed by atoms with Crippen molar-refractivity contribution in [1.82, 2.24) is 19.6 Å². The Bertz CT molecular complexity index is 1190. The van der Waals surface area contributed by atoms with Gasteiger partial charge in [0.2, 0.25) is 0 Å². The summed E-state index contributed by atoms with van der Waals surface area (Å²) in [4.78, 5) is 28.7. The Balaban J connectivity index is 1.31. The lowest BCUT2D eigenvalue weighted by Gasteiger charge is -2.36. The lowest BCUT2D eigenvalue weighted by molar-refractivity contribution is -0.143. The van der Waals surface area contributed by atoms with Gasteiger partial charge in [-0.3, -0.25) is 14.3 Å². The molecule has 3 aromatic rings. The molecule has 1 aliphatic carbocycles. The molecule has 1 aliphatic heterocycles. The second-order valence-corrected chi connectivity index (χ2v) is 8.76. The van der Waals surface area contributed by atoms with E-state index in [-0.39, 0.29) is 11.8 Å². The molecule has 160 valence electrons. The first-order valence-corrected chi connectivity index (χ1v) is 10.8. The quantitative estimate of drug-likeness (QED) is 0.682. The van der Waals surface area contributed by atoms with Gasteiger partial charge in [-0.25, -0.2) is 0 Å². The number of aromatic nitrogens is 2. The van der Waals surface area contributed by atoms with Crippen molar-refractivity contribution >= 4 is 34.3 Å². The van der Waals surface area contributed by atoms with Gasteiger partial charge in [0.15, 0.2) is 0 Å². The Kier molecular flexibility index (Phi) is 4.75. The van der Waals surface area contributed by atoms with Crippen LogP contribution in [-0.4, -0.2) is 68.3 Å². The molecule has 8 heteroatoms. The number of nitrogens with zero attached hydrogens (tertiary/aromatic N) is 4. The minimum atomic E-state index is -1.16. The first-order valence-electron chi connectivity index (χ1n) is 10.4. The Morgan fingerprint density at radius 1 is 1.00 bits per heavy atom. The molecule has 5 rings (SSSR count). The van der Waals surface area contributed by atoms with Crippen molar-refractivity contribution in [3.05, 3.63) is 53.2 Å². The topological polar surface area (TPSA) is 78.7 Å². The maximum atomic E-state index is 13.0. The van der Waals surface area contributed by atoms with Crippen LogP contribution in [0.15, 0.2) is 42.6 Å². The first-order chi connectivity index (χ1) is 14.9. The number of fused-ring (bicyclic) bond motifs is 1. The predicted molar refractivity (Wildman–Crippen MR) is 118 cm³/mol. The van der Waals surface area contributed by atoms with Crippen molar-refractivity contribution in [3.63, 3.8) is 0 Å². The van der Waals surface area contributed by atoms with E-state index in [1.807, 2.05) is 42.2 Å². The second-order valence-electron chi connectivity index (χ2n) is 8.35. The molecule has 0 bridgehead atoms. The van der Waals surface area contributed by atoms with Gasteiger partial charge in [0.1, 0.15) is 5.60 Å². The van der Waals surface area contributed by atoms with E-state index in [1.54, 1.807) is 15.9 Å². The van der Waals surface area contributed by atoms with Crippen molar-refractivity contribution in [2.75, 3.05) is 26.2 Å². The van der Waals surface area contributed by atoms with E-state index in [9.17, 15) is 14.7 Å².